The van der Waals surface area contributed by atoms with Crippen LogP contribution in [0.15, 0.2) is 22.6 Å². The highest BCUT2D eigenvalue weighted by molar-refractivity contribution is 5.74. The molecule has 0 unspecified atom stereocenters. The summed E-state index contributed by atoms with van der Waals surface area (Å²) in [4.78, 5) is 4.55. The van der Waals surface area contributed by atoms with Crippen LogP contribution in [0.5, 0.6) is 5.75 Å². The Bertz CT molecular complexity index is 530. The number of benzene rings is 1. The summed E-state index contributed by atoms with van der Waals surface area (Å²) >= 11 is 0. The largest absolute Gasteiger partial charge is 0.497 e. The molecule has 4 heteroatoms. The maximum atomic E-state index is 5.78. The van der Waals surface area contributed by atoms with Crippen LogP contribution in [-0.4, -0.2) is 25.2 Å². The molecule has 1 fully saturated rings. The van der Waals surface area contributed by atoms with Crippen LogP contribution in [0.2, 0.25) is 0 Å². The molecule has 0 aliphatic carbocycles. The predicted molar refractivity (Wildman–Crippen MR) is 69.9 cm³/mol. The first kappa shape index (κ1) is 11.5. The zero-order valence-electron chi connectivity index (χ0n) is 10.6. The second-order valence-corrected chi connectivity index (χ2v) is 4.84. The Morgan fingerprint density at radius 2 is 2.22 bits per heavy atom. The number of oxazole rings is 1. The average Bonchev–Trinajstić information content (AvgIpc) is 2.80. The van der Waals surface area contributed by atoms with Gasteiger partial charge in [-0.05, 0) is 44.0 Å². The van der Waals surface area contributed by atoms with Gasteiger partial charge in [0.1, 0.15) is 11.3 Å². The lowest BCUT2D eigenvalue weighted by Crippen LogP contribution is -2.28. The number of methoxy groups -OCH3 is 1. The van der Waals surface area contributed by atoms with Crippen LogP contribution in [0.3, 0.4) is 0 Å². The number of hydrogen-bond donors (Lipinski definition) is 1. The van der Waals surface area contributed by atoms with Crippen molar-refractivity contribution in [2.45, 2.75) is 19.3 Å². The first-order chi connectivity index (χ1) is 8.85. The highest BCUT2D eigenvalue weighted by atomic mass is 16.5. The highest BCUT2D eigenvalue weighted by Crippen LogP contribution is 2.24. The topological polar surface area (TPSA) is 47.3 Å². The molecule has 96 valence electrons. The number of fused-ring (bicyclic) bond motifs is 1. The SMILES string of the molecule is COc1ccc2oc(CC3CCNCC3)nc2c1. The van der Waals surface area contributed by atoms with E-state index in [1.54, 1.807) is 7.11 Å². The van der Waals surface area contributed by atoms with E-state index in [0.29, 0.717) is 5.92 Å². The molecule has 0 radical (unpaired) electrons. The van der Waals surface area contributed by atoms with Gasteiger partial charge < -0.3 is 14.5 Å². The molecule has 2 heterocycles. The van der Waals surface area contributed by atoms with Crippen LogP contribution >= 0.6 is 0 Å². The molecule has 0 bridgehead atoms. The molecule has 1 aliphatic rings. The van der Waals surface area contributed by atoms with Gasteiger partial charge in [0.15, 0.2) is 11.5 Å². The Hall–Kier alpha value is -1.55. The Balaban J connectivity index is 1.79. The fourth-order valence-electron chi connectivity index (χ4n) is 2.50. The van der Waals surface area contributed by atoms with Gasteiger partial charge in [-0.15, -0.1) is 0 Å². The van der Waals surface area contributed by atoms with Gasteiger partial charge in [-0.3, -0.25) is 0 Å². The number of ether oxygens (including phenoxy) is 1. The maximum absolute atomic E-state index is 5.78. The van der Waals surface area contributed by atoms with Gasteiger partial charge in [-0.1, -0.05) is 0 Å². The van der Waals surface area contributed by atoms with Crippen molar-refractivity contribution in [2.75, 3.05) is 20.2 Å². The van der Waals surface area contributed by atoms with E-state index in [9.17, 15) is 0 Å². The molecule has 1 aromatic carbocycles. The van der Waals surface area contributed by atoms with Crippen molar-refractivity contribution in [3.8, 4) is 5.75 Å². The first-order valence-electron chi connectivity index (χ1n) is 6.49. The minimum absolute atomic E-state index is 0.696. The molecule has 0 saturated carbocycles. The molecule has 0 amide bonds. The highest BCUT2D eigenvalue weighted by Gasteiger charge is 2.16. The number of piperidine rings is 1. The van der Waals surface area contributed by atoms with Crippen LogP contribution in [-0.2, 0) is 6.42 Å². The number of hydrogen-bond acceptors (Lipinski definition) is 4. The van der Waals surface area contributed by atoms with E-state index in [0.717, 1.165) is 42.3 Å². The summed E-state index contributed by atoms with van der Waals surface area (Å²) in [5.41, 5.74) is 1.73. The molecule has 1 N–H and O–H groups in total. The van der Waals surface area contributed by atoms with Gasteiger partial charge in [0.25, 0.3) is 0 Å². The van der Waals surface area contributed by atoms with E-state index in [-0.39, 0.29) is 0 Å². The molecule has 1 aromatic heterocycles. The summed E-state index contributed by atoms with van der Waals surface area (Å²) in [5.74, 6) is 2.37. The quantitative estimate of drug-likeness (QED) is 0.903. The first-order valence-corrected chi connectivity index (χ1v) is 6.49. The lowest BCUT2D eigenvalue weighted by Gasteiger charge is -2.20. The van der Waals surface area contributed by atoms with Gasteiger partial charge in [0.2, 0.25) is 0 Å². The van der Waals surface area contributed by atoms with Crippen molar-refractivity contribution in [3.63, 3.8) is 0 Å². The lowest BCUT2D eigenvalue weighted by atomic mass is 9.95. The summed E-state index contributed by atoms with van der Waals surface area (Å²) in [5, 5.41) is 3.37. The van der Waals surface area contributed by atoms with Crippen molar-refractivity contribution in [1.29, 1.82) is 0 Å². The van der Waals surface area contributed by atoms with Crippen LogP contribution in [0, 0.1) is 5.92 Å². The monoisotopic (exact) mass is 246 g/mol. The van der Waals surface area contributed by atoms with Crippen molar-refractivity contribution in [1.82, 2.24) is 10.3 Å². The minimum Gasteiger partial charge on any atom is -0.497 e. The summed E-state index contributed by atoms with van der Waals surface area (Å²) < 4.78 is 11.0. The van der Waals surface area contributed by atoms with Gasteiger partial charge in [0.05, 0.1) is 7.11 Å². The number of rotatable bonds is 3. The number of nitrogens with zero attached hydrogens (tertiary/aromatic N) is 1. The smallest absolute Gasteiger partial charge is 0.195 e. The van der Waals surface area contributed by atoms with Crippen LogP contribution < -0.4 is 10.1 Å². The molecule has 1 aliphatic heterocycles. The van der Waals surface area contributed by atoms with Crippen molar-refractivity contribution in [2.24, 2.45) is 5.92 Å². The number of nitrogens with one attached hydrogen (secondary N) is 1. The van der Waals surface area contributed by atoms with Gasteiger partial charge in [0, 0.05) is 12.5 Å². The maximum Gasteiger partial charge on any atom is 0.195 e. The molecular weight excluding hydrogens is 228 g/mol. The van der Waals surface area contributed by atoms with Crippen LogP contribution in [0.4, 0.5) is 0 Å². The second kappa shape index (κ2) is 4.98. The van der Waals surface area contributed by atoms with Crippen molar-refractivity contribution < 1.29 is 9.15 Å². The van der Waals surface area contributed by atoms with Crippen LogP contribution in [0.25, 0.3) is 11.1 Å². The van der Waals surface area contributed by atoms with Crippen molar-refractivity contribution in [3.05, 3.63) is 24.1 Å². The van der Waals surface area contributed by atoms with E-state index < -0.39 is 0 Å². The molecular formula is C14H18N2O2. The van der Waals surface area contributed by atoms with Gasteiger partial charge in [-0.2, -0.15) is 0 Å². The Kier molecular flexibility index (Phi) is 3.19. The van der Waals surface area contributed by atoms with Crippen molar-refractivity contribution >= 4 is 11.1 Å². The Morgan fingerprint density at radius 3 is 3.00 bits per heavy atom. The van der Waals surface area contributed by atoms with E-state index >= 15 is 0 Å². The molecule has 0 spiro atoms. The fourth-order valence-corrected chi connectivity index (χ4v) is 2.50. The fraction of sp³-hybridized carbons (Fsp3) is 0.500. The molecule has 4 nitrogen and oxygen atoms in total. The zero-order chi connectivity index (χ0) is 12.4. The standard InChI is InChI=1S/C14H18N2O2/c1-17-11-2-3-13-12(9-11)16-14(18-13)8-10-4-6-15-7-5-10/h2-3,9-10,15H,4-8H2,1H3. The number of aromatic nitrogens is 1. The van der Waals surface area contributed by atoms with Crippen LogP contribution in [0.1, 0.15) is 18.7 Å². The second-order valence-electron chi connectivity index (χ2n) is 4.84. The predicted octanol–water partition coefficient (Wildman–Crippen LogP) is 2.38. The van der Waals surface area contributed by atoms with E-state index in [4.69, 9.17) is 9.15 Å². The molecule has 0 atom stereocenters. The van der Waals surface area contributed by atoms with Gasteiger partial charge in [-0.25, -0.2) is 4.98 Å². The van der Waals surface area contributed by atoms with E-state index in [1.165, 1.54) is 12.8 Å². The molecule has 3 rings (SSSR count). The molecule has 18 heavy (non-hydrogen) atoms. The molecule has 2 aromatic rings. The average molecular weight is 246 g/mol. The molecule has 1 saturated heterocycles. The van der Waals surface area contributed by atoms with E-state index in [1.807, 2.05) is 18.2 Å². The van der Waals surface area contributed by atoms with E-state index in [2.05, 4.69) is 10.3 Å². The third-order valence-electron chi connectivity index (χ3n) is 3.56. The van der Waals surface area contributed by atoms with Gasteiger partial charge >= 0.3 is 0 Å². The Morgan fingerprint density at radius 1 is 1.39 bits per heavy atom. The third-order valence-corrected chi connectivity index (χ3v) is 3.56. The lowest BCUT2D eigenvalue weighted by molar-refractivity contribution is 0.346. The summed E-state index contributed by atoms with van der Waals surface area (Å²) in [6, 6.07) is 5.75. The summed E-state index contributed by atoms with van der Waals surface area (Å²) in [6.07, 6.45) is 3.36. The third kappa shape index (κ3) is 2.34. The summed E-state index contributed by atoms with van der Waals surface area (Å²) in [7, 11) is 1.66. The normalized spacial score (nSPS) is 17.2. The zero-order valence-corrected chi connectivity index (χ0v) is 10.6. The Labute approximate surface area is 106 Å². The minimum atomic E-state index is 0.696. The summed E-state index contributed by atoms with van der Waals surface area (Å²) in [6.45, 7) is 2.22.